The smallest absolute Gasteiger partial charge is 0.191 e. The van der Waals surface area contributed by atoms with E-state index in [-0.39, 0.29) is 0 Å². The van der Waals surface area contributed by atoms with Crippen LogP contribution < -0.4 is 20.3 Å². The molecule has 0 aliphatic carbocycles. The third kappa shape index (κ3) is 8.44. The number of ether oxygens (including phenoxy) is 2. The third-order valence-corrected chi connectivity index (χ3v) is 4.43. The summed E-state index contributed by atoms with van der Waals surface area (Å²) in [6, 6.07) is 16.5. The maximum Gasteiger partial charge on any atom is 0.191 e. The summed E-state index contributed by atoms with van der Waals surface area (Å²) in [4.78, 5) is 6.87. The maximum atomic E-state index is 5.41. The lowest BCUT2D eigenvalue weighted by Crippen LogP contribution is -2.37. The number of guanidine groups is 1. The number of hydrogen-bond donors (Lipinski definition) is 2. The van der Waals surface area contributed by atoms with E-state index in [0.29, 0.717) is 13.1 Å². The standard InChI is InChI=1S/C23H34N4O2/c1-5-29-15-7-14-24-23(25-17-19-10-12-22(28-4)13-11-19)26-18-20-8-6-9-21(16-20)27(2)3/h6,8-13,16H,5,7,14-15,17-18H2,1-4H3,(H2,24,25,26). The van der Waals surface area contributed by atoms with Gasteiger partial charge in [0.1, 0.15) is 5.75 Å². The molecule has 0 amide bonds. The van der Waals surface area contributed by atoms with E-state index < -0.39 is 0 Å². The predicted molar refractivity (Wildman–Crippen MR) is 121 cm³/mol. The largest absolute Gasteiger partial charge is 0.497 e. The van der Waals surface area contributed by atoms with E-state index in [1.807, 2.05) is 33.2 Å². The highest BCUT2D eigenvalue weighted by Gasteiger charge is 2.02. The number of rotatable bonds is 11. The molecule has 0 spiro atoms. The van der Waals surface area contributed by atoms with E-state index in [1.165, 1.54) is 16.8 Å². The first-order chi connectivity index (χ1) is 14.1. The molecule has 0 unspecified atom stereocenters. The van der Waals surface area contributed by atoms with Crippen LogP contribution in [0, 0.1) is 0 Å². The van der Waals surface area contributed by atoms with Crippen molar-refractivity contribution in [1.29, 1.82) is 0 Å². The normalized spacial score (nSPS) is 11.2. The van der Waals surface area contributed by atoms with Gasteiger partial charge >= 0.3 is 0 Å². The van der Waals surface area contributed by atoms with Crippen LogP contribution >= 0.6 is 0 Å². The van der Waals surface area contributed by atoms with Crippen LogP contribution in [0.2, 0.25) is 0 Å². The van der Waals surface area contributed by atoms with Gasteiger partial charge in [-0.05, 0) is 48.7 Å². The molecule has 158 valence electrons. The number of anilines is 1. The van der Waals surface area contributed by atoms with Crippen molar-refractivity contribution < 1.29 is 9.47 Å². The quantitative estimate of drug-likeness (QED) is 0.345. The first-order valence-corrected chi connectivity index (χ1v) is 10.1. The van der Waals surface area contributed by atoms with E-state index in [9.17, 15) is 0 Å². The van der Waals surface area contributed by atoms with Crippen molar-refractivity contribution >= 4 is 11.6 Å². The van der Waals surface area contributed by atoms with Gasteiger partial charge in [0, 0.05) is 46.1 Å². The van der Waals surface area contributed by atoms with Gasteiger partial charge in [-0.15, -0.1) is 0 Å². The van der Waals surface area contributed by atoms with Crippen LogP contribution in [-0.4, -0.2) is 46.9 Å². The predicted octanol–water partition coefficient (Wildman–Crippen LogP) is 3.42. The monoisotopic (exact) mass is 398 g/mol. The lowest BCUT2D eigenvalue weighted by Gasteiger charge is -2.15. The molecule has 29 heavy (non-hydrogen) atoms. The highest BCUT2D eigenvalue weighted by Crippen LogP contribution is 2.14. The van der Waals surface area contributed by atoms with E-state index in [2.05, 4.69) is 51.9 Å². The summed E-state index contributed by atoms with van der Waals surface area (Å²) in [6.07, 6.45) is 0.938. The van der Waals surface area contributed by atoms with Gasteiger partial charge in [0.2, 0.25) is 0 Å². The van der Waals surface area contributed by atoms with E-state index >= 15 is 0 Å². The van der Waals surface area contributed by atoms with Crippen molar-refractivity contribution in [2.75, 3.05) is 45.9 Å². The molecular formula is C23H34N4O2. The minimum atomic E-state index is 0.616. The van der Waals surface area contributed by atoms with Gasteiger partial charge in [-0.25, -0.2) is 4.99 Å². The summed E-state index contributed by atoms with van der Waals surface area (Å²) in [6.45, 7) is 5.63. The van der Waals surface area contributed by atoms with Crippen molar-refractivity contribution in [3.8, 4) is 5.75 Å². The molecule has 0 atom stereocenters. The molecular weight excluding hydrogens is 364 g/mol. The molecule has 0 saturated heterocycles. The number of hydrogen-bond acceptors (Lipinski definition) is 4. The Morgan fingerprint density at radius 3 is 2.52 bits per heavy atom. The number of methoxy groups -OCH3 is 1. The number of nitrogens with zero attached hydrogens (tertiary/aromatic N) is 2. The summed E-state index contributed by atoms with van der Waals surface area (Å²) < 4.78 is 10.6. The van der Waals surface area contributed by atoms with Gasteiger partial charge in [-0.1, -0.05) is 24.3 Å². The molecule has 0 fully saturated rings. The average Bonchev–Trinajstić information content (AvgIpc) is 2.75. The lowest BCUT2D eigenvalue weighted by atomic mass is 10.2. The summed E-state index contributed by atoms with van der Waals surface area (Å²) in [5, 5.41) is 6.82. The Morgan fingerprint density at radius 2 is 1.83 bits per heavy atom. The fraction of sp³-hybridized carbons (Fsp3) is 0.435. The Labute approximate surface area is 174 Å². The fourth-order valence-corrected chi connectivity index (χ4v) is 2.73. The molecule has 2 N–H and O–H groups in total. The zero-order valence-corrected chi connectivity index (χ0v) is 18.1. The molecule has 6 nitrogen and oxygen atoms in total. The van der Waals surface area contributed by atoms with Crippen LogP contribution in [-0.2, 0) is 17.8 Å². The molecule has 0 radical (unpaired) electrons. The first-order valence-electron chi connectivity index (χ1n) is 10.1. The second kappa shape index (κ2) is 12.7. The third-order valence-electron chi connectivity index (χ3n) is 4.43. The Kier molecular flexibility index (Phi) is 9.86. The molecule has 2 aromatic carbocycles. The topological polar surface area (TPSA) is 58.1 Å². The molecule has 2 rings (SSSR count). The molecule has 0 saturated carbocycles. The maximum absolute atomic E-state index is 5.41. The Hall–Kier alpha value is -2.73. The van der Waals surface area contributed by atoms with E-state index in [1.54, 1.807) is 7.11 Å². The van der Waals surface area contributed by atoms with Crippen molar-refractivity contribution in [1.82, 2.24) is 10.6 Å². The van der Waals surface area contributed by atoms with Gasteiger partial charge in [0.15, 0.2) is 5.96 Å². The van der Waals surface area contributed by atoms with Crippen LogP contribution in [0.25, 0.3) is 0 Å². The number of nitrogens with one attached hydrogen (secondary N) is 2. The molecule has 2 aromatic rings. The molecule has 0 aliphatic heterocycles. The van der Waals surface area contributed by atoms with Crippen LogP contribution in [0.3, 0.4) is 0 Å². The van der Waals surface area contributed by atoms with Crippen molar-refractivity contribution in [2.24, 2.45) is 4.99 Å². The average molecular weight is 399 g/mol. The number of benzene rings is 2. The van der Waals surface area contributed by atoms with E-state index in [0.717, 1.165) is 37.9 Å². The van der Waals surface area contributed by atoms with Gasteiger partial charge in [0.25, 0.3) is 0 Å². The zero-order valence-electron chi connectivity index (χ0n) is 18.1. The second-order valence-corrected chi connectivity index (χ2v) is 6.91. The molecule has 0 heterocycles. The van der Waals surface area contributed by atoms with Crippen LogP contribution in [0.5, 0.6) is 5.75 Å². The van der Waals surface area contributed by atoms with Gasteiger partial charge < -0.3 is 25.0 Å². The Morgan fingerprint density at radius 1 is 1.03 bits per heavy atom. The van der Waals surface area contributed by atoms with E-state index in [4.69, 9.17) is 14.5 Å². The second-order valence-electron chi connectivity index (χ2n) is 6.91. The van der Waals surface area contributed by atoms with Gasteiger partial charge in [0.05, 0.1) is 13.7 Å². The zero-order chi connectivity index (χ0) is 20.9. The molecule has 6 heteroatoms. The van der Waals surface area contributed by atoms with Crippen molar-refractivity contribution in [3.63, 3.8) is 0 Å². The highest BCUT2D eigenvalue weighted by atomic mass is 16.5. The SMILES string of the molecule is CCOCCCNC(=NCc1cccc(N(C)C)c1)NCc1ccc(OC)cc1. The van der Waals surface area contributed by atoms with Crippen LogP contribution in [0.15, 0.2) is 53.5 Å². The van der Waals surface area contributed by atoms with Crippen molar-refractivity contribution in [3.05, 3.63) is 59.7 Å². The van der Waals surface area contributed by atoms with Crippen LogP contribution in [0.1, 0.15) is 24.5 Å². The fourth-order valence-electron chi connectivity index (χ4n) is 2.73. The Bertz CT molecular complexity index is 745. The van der Waals surface area contributed by atoms with Crippen LogP contribution in [0.4, 0.5) is 5.69 Å². The minimum absolute atomic E-state index is 0.616. The van der Waals surface area contributed by atoms with Gasteiger partial charge in [-0.2, -0.15) is 0 Å². The highest BCUT2D eigenvalue weighted by molar-refractivity contribution is 5.79. The Balaban J connectivity index is 1.98. The summed E-state index contributed by atoms with van der Waals surface area (Å²) in [5.41, 5.74) is 3.52. The lowest BCUT2D eigenvalue weighted by molar-refractivity contribution is 0.145. The molecule has 0 aromatic heterocycles. The molecule has 0 aliphatic rings. The summed E-state index contributed by atoms with van der Waals surface area (Å²) in [5.74, 6) is 1.66. The molecule has 0 bridgehead atoms. The summed E-state index contributed by atoms with van der Waals surface area (Å²) in [7, 11) is 5.77. The number of aliphatic imine (C=N–C) groups is 1. The van der Waals surface area contributed by atoms with Gasteiger partial charge in [-0.3, -0.25) is 0 Å². The first kappa shape index (κ1) is 22.6. The minimum Gasteiger partial charge on any atom is -0.497 e. The van der Waals surface area contributed by atoms with Crippen molar-refractivity contribution in [2.45, 2.75) is 26.4 Å². The summed E-state index contributed by atoms with van der Waals surface area (Å²) >= 11 is 0.